The third-order valence-electron chi connectivity index (χ3n) is 6.51. The highest BCUT2D eigenvalue weighted by Crippen LogP contribution is 2.39. The number of benzene rings is 2. The van der Waals surface area contributed by atoms with Crippen molar-refractivity contribution in [1.82, 2.24) is 14.9 Å². The Morgan fingerprint density at radius 3 is 2.44 bits per heavy atom. The minimum atomic E-state index is -1.44. The van der Waals surface area contributed by atoms with Crippen LogP contribution in [0.15, 0.2) is 97.7 Å². The summed E-state index contributed by atoms with van der Waals surface area (Å²) >= 11 is 0. The van der Waals surface area contributed by atoms with E-state index in [9.17, 15) is 9.90 Å². The number of nitrogens with one attached hydrogen (secondary N) is 1. The highest BCUT2D eigenvalue weighted by Gasteiger charge is 2.36. The number of carbonyl (C=O) groups is 1. The molecule has 184 valence electrons. The average molecular weight is 485 g/mol. The molecule has 1 amide bonds. The van der Waals surface area contributed by atoms with Crippen molar-refractivity contribution in [2.75, 3.05) is 31.1 Å². The van der Waals surface area contributed by atoms with Gasteiger partial charge in [0.2, 0.25) is 5.91 Å². The van der Waals surface area contributed by atoms with Crippen LogP contribution in [0, 0.1) is 0 Å². The van der Waals surface area contributed by atoms with E-state index in [0.29, 0.717) is 66.0 Å². The maximum absolute atomic E-state index is 13.2. The first-order valence-corrected chi connectivity index (χ1v) is 11.8. The minimum Gasteiger partial charge on any atom is -0.454 e. The summed E-state index contributed by atoms with van der Waals surface area (Å²) in [5.41, 5.74) is 0.276. The Hall–Kier alpha value is -4.14. The van der Waals surface area contributed by atoms with Crippen molar-refractivity contribution >= 4 is 11.6 Å². The first-order chi connectivity index (χ1) is 17.5. The number of aromatic nitrogens is 2. The molecule has 6 rings (SSSR count). The van der Waals surface area contributed by atoms with E-state index in [0.717, 1.165) is 0 Å². The number of aliphatic hydroxyl groups is 1. The lowest BCUT2D eigenvalue weighted by Gasteiger charge is -2.37. The number of anilines is 1. The van der Waals surface area contributed by atoms with Crippen LogP contribution >= 0.6 is 0 Å². The molecule has 8 heteroatoms. The minimum absolute atomic E-state index is 0.0353. The molecule has 1 aromatic heterocycles. The quantitative estimate of drug-likeness (QED) is 0.568. The molecule has 4 heterocycles. The second-order valence-electron chi connectivity index (χ2n) is 8.79. The van der Waals surface area contributed by atoms with Gasteiger partial charge in [-0.15, -0.1) is 0 Å². The van der Waals surface area contributed by atoms with Crippen molar-refractivity contribution in [3.05, 3.63) is 103 Å². The molecule has 3 aliphatic heterocycles. The van der Waals surface area contributed by atoms with Crippen LogP contribution in [0.2, 0.25) is 0 Å². The molecule has 2 aromatic carbocycles. The molecule has 0 radical (unpaired) electrons. The number of hydrogen-bond donors (Lipinski definition) is 2. The summed E-state index contributed by atoms with van der Waals surface area (Å²) in [6.07, 6.45) is 6.66. The average Bonchev–Trinajstić information content (AvgIpc) is 3.43. The lowest BCUT2D eigenvalue weighted by Crippen LogP contribution is -2.51. The smallest absolute Gasteiger partial charge is 0.241 e. The summed E-state index contributed by atoms with van der Waals surface area (Å²) in [6.45, 7) is 9.84. The third-order valence-corrected chi connectivity index (χ3v) is 6.51. The van der Waals surface area contributed by atoms with Crippen LogP contribution in [-0.4, -0.2) is 52.1 Å². The molecule has 1 saturated heterocycles. The van der Waals surface area contributed by atoms with Gasteiger partial charge in [0, 0.05) is 19.6 Å². The molecular formula is C28H28N4O4. The highest BCUT2D eigenvalue weighted by molar-refractivity contribution is 5.97. The Bertz CT molecular complexity index is 1320. The van der Waals surface area contributed by atoms with Crippen LogP contribution < -0.4 is 14.4 Å². The molecule has 0 aliphatic carbocycles. The van der Waals surface area contributed by atoms with Crippen molar-refractivity contribution in [2.45, 2.75) is 12.0 Å². The van der Waals surface area contributed by atoms with Gasteiger partial charge < -0.3 is 24.5 Å². The van der Waals surface area contributed by atoms with Crippen LogP contribution in [0.4, 0.5) is 5.69 Å². The fraction of sp³-hybridized carbons (Fsp3) is 0.214. The maximum atomic E-state index is 13.2. The van der Waals surface area contributed by atoms with Gasteiger partial charge in [0.1, 0.15) is 11.4 Å². The van der Waals surface area contributed by atoms with Gasteiger partial charge in [-0.2, -0.15) is 0 Å². The zero-order valence-corrected chi connectivity index (χ0v) is 19.9. The predicted molar refractivity (Wildman–Crippen MR) is 137 cm³/mol. The van der Waals surface area contributed by atoms with Gasteiger partial charge in [-0.1, -0.05) is 43.5 Å². The topological polar surface area (TPSA) is 90.9 Å². The molecule has 0 saturated carbocycles. The number of fused-ring (bicyclic) bond motifs is 7. The number of carbonyl (C=O) groups excluding carboxylic acids is 1. The molecule has 1 fully saturated rings. The van der Waals surface area contributed by atoms with Crippen LogP contribution in [0.25, 0.3) is 0 Å². The number of allylic oxidation sites excluding steroid dienone is 1. The number of rotatable bonds is 2. The number of imidazole rings is 1. The number of aromatic amines is 1. The Balaban J connectivity index is 1.60. The summed E-state index contributed by atoms with van der Waals surface area (Å²) in [4.78, 5) is 24.1. The monoisotopic (exact) mass is 484 g/mol. The van der Waals surface area contributed by atoms with Crippen molar-refractivity contribution in [2.24, 2.45) is 0 Å². The van der Waals surface area contributed by atoms with Crippen molar-refractivity contribution in [1.29, 1.82) is 0 Å². The molecule has 8 nitrogen and oxygen atoms in total. The second kappa shape index (κ2) is 9.85. The standard InChI is InChI=1S/C28H28N4O4/c1-3-21-16-20(2)35-24-10-6-7-11-25(24)36-23-9-5-4-8-22(23)32-15-14-31(18-27(32)33)13-12-28(21,34)26-17-29-19-30-26/h3-11,16-17,19,34H,1-2,12-15,18H2,(H,29,30)/b21-16+. The number of piperazine rings is 1. The summed E-state index contributed by atoms with van der Waals surface area (Å²) in [5, 5.41) is 11.9. The van der Waals surface area contributed by atoms with E-state index in [4.69, 9.17) is 9.47 Å². The van der Waals surface area contributed by atoms with E-state index >= 15 is 0 Å². The van der Waals surface area contributed by atoms with Gasteiger partial charge in [0.25, 0.3) is 0 Å². The van der Waals surface area contributed by atoms with E-state index in [1.54, 1.807) is 35.4 Å². The number of ether oxygens (including phenoxy) is 2. The first-order valence-electron chi connectivity index (χ1n) is 11.8. The molecule has 0 spiro atoms. The van der Waals surface area contributed by atoms with E-state index in [-0.39, 0.29) is 12.5 Å². The van der Waals surface area contributed by atoms with Crippen LogP contribution in [0.3, 0.4) is 0 Å². The van der Waals surface area contributed by atoms with E-state index in [1.807, 2.05) is 41.3 Å². The maximum Gasteiger partial charge on any atom is 0.241 e. The summed E-state index contributed by atoms with van der Waals surface area (Å²) < 4.78 is 12.3. The number of amides is 1. The Morgan fingerprint density at radius 1 is 1.03 bits per heavy atom. The van der Waals surface area contributed by atoms with Gasteiger partial charge in [-0.05, 0) is 42.3 Å². The molecule has 2 atom stereocenters. The van der Waals surface area contributed by atoms with Gasteiger partial charge in [0.15, 0.2) is 17.2 Å². The highest BCUT2D eigenvalue weighted by atomic mass is 16.5. The largest absolute Gasteiger partial charge is 0.454 e. The van der Waals surface area contributed by atoms with Gasteiger partial charge in [-0.3, -0.25) is 9.69 Å². The van der Waals surface area contributed by atoms with E-state index in [2.05, 4.69) is 23.1 Å². The van der Waals surface area contributed by atoms with E-state index in [1.165, 1.54) is 6.33 Å². The molecule has 2 N–H and O–H groups in total. The predicted octanol–water partition coefficient (Wildman–Crippen LogP) is 4.15. The van der Waals surface area contributed by atoms with E-state index < -0.39 is 5.60 Å². The Morgan fingerprint density at radius 2 is 1.75 bits per heavy atom. The normalized spacial score (nSPS) is 24.1. The van der Waals surface area contributed by atoms with Crippen LogP contribution in [0.5, 0.6) is 17.2 Å². The second-order valence-corrected chi connectivity index (χ2v) is 8.79. The Labute approximate surface area is 209 Å². The first kappa shape index (κ1) is 23.6. The summed E-state index contributed by atoms with van der Waals surface area (Å²) in [7, 11) is 0. The molecule has 2 bridgehead atoms. The summed E-state index contributed by atoms with van der Waals surface area (Å²) in [6, 6.07) is 14.7. The van der Waals surface area contributed by atoms with Crippen LogP contribution in [-0.2, 0) is 10.4 Å². The van der Waals surface area contributed by atoms with Crippen molar-refractivity contribution in [3.63, 3.8) is 0 Å². The zero-order chi connectivity index (χ0) is 25.1. The van der Waals surface area contributed by atoms with Crippen LogP contribution in [0.1, 0.15) is 12.1 Å². The fourth-order valence-electron chi connectivity index (χ4n) is 4.60. The lowest BCUT2D eigenvalue weighted by molar-refractivity contribution is -0.121. The number of H-pyrrole nitrogens is 1. The number of para-hydroxylation sites is 4. The SMILES string of the molecule is C=C/C1=C\C(=C)Oc2ccccc2Oc2ccccc2N2CCN(CCC1(O)c1cnc[nH]1)CC2=O. The lowest BCUT2D eigenvalue weighted by atomic mass is 9.86. The van der Waals surface area contributed by atoms with Gasteiger partial charge in [-0.25, -0.2) is 4.98 Å². The molecule has 3 aromatic rings. The van der Waals surface area contributed by atoms with Crippen molar-refractivity contribution in [3.8, 4) is 17.2 Å². The van der Waals surface area contributed by atoms with Crippen molar-refractivity contribution < 1.29 is 19.4 Å². The molecule has 2 unspecified atom stereocenters. The number of nitrogens with zero attached hydrogens (tertiary/aromatic N) is 3. The fourth-order valence-corrected chi connectivity index (χ4v) is 4.60. The Kier molecular flexibility index (Phi) is 6.45. The molecule has 36 heavy (non-hydrogen) atoms. The number of hydrogen-bond acceptors (Lipinski definition) is 6. The third kappa shape index (κ3) is 4.56. The molecular weight excluding hydrogens is 456 g/mol. The van der Waals surface area contributed by atoms with Gasteiger partial charge >= 0.3 is 0 Å². The zero-order valence-electron chi connectivity index (χ0n) is 19.9. The summed E-state index contributed by atoms with van der Waals surface area (Å²) in [5.74, 6) is 1.75. The van der Waals surface area contributed by atoms with Gasteiger partial charge in [0.05, 0.1) is 30.5 Å². The molecule has 3 aliphatic rings.